The fraction of sp³-hybridized carbons (Fsp3) is 0.562. The number of nitro benzene ring substituents is 1. The molecule has 3 N–H and O–H groups in total. The second-order valence-electron chi connectivity index (χ2n) is 6.02. The first kappa shape index (κ1) is 17.7. The van der Waals surface area contributed by atoms with Gasteiger partial charge in [-0.05, 0) is 24.3 Å². The van der Waals surface area contributed by atoms with Crippen LogP contribution in [0.15, 0.2) is 18.2 Å². The third kappa shape index (κ3) is 4.91. The van der Waals surface area contributed by atoms with E-state index in [0.717, 1.165) is 12.8 Å². The van der Waals surface area contributed by atoms with E-state index < -0.39 is 4.92 Å². The molecule has 1 aliphatic carbocycles. The number of hydrogen-bond acceptors (Lipinski definition) is 4. The molecule has 0 spiro atoms. The number of hydrogen-bond donors (Lipinski definition) is 2. The van der Waals surface area contributed by atoms with Crippen molar-refractivity contribution in [2.75, 3.05) is 6.54 Å². The van der Waals surface area contributed by atoms with E-state index in [1.165, 1.54) is 37.5 Å². The van der Waals surface area contributed by atoms with Crippen LogP contribution in [0.25, 0.3) is 0 Å². The molecule has 1 atom stereocenters. The number of carbonyl (C=O) groups excluding carboxylic acids is 1. The Bertz CT molecular complexity index is 574. The van der Waals surface area contributed by atoms with Gasteiger partial charge in [0.15, 0.2) is 0 Å². The standard InChI is InChI=1S/C16H22ClN3O3/c17-14-9-13(20(22)23)7-6-12(14)8-16(21)19-15(10-18)11-4-2-1-3-5-11/h6-7,9,11,15H,1-5,8,10,18H2,(H,19,21). The lowest BCUT2D eigenvalue weighted by atomic mass is 9.84. The zero-order valence-corrected chi connectivity index (χ0v) is 13.7. The summed E-state index contributed by atoms with van der Waals surface area (Å²) in [4.78, 5) is 22.4. The van der Waals surface area contributed by atoms with Crippen molar-refractivity contribution >= 4 is 23.2 Å². The molecule has 1 aromatic carbocycles. The van der Waals surface area contributed by atoms with Crippen molar-refractivity contribution in [2.45, 2.75) is 44.6 Å². The summed E-state index contributed by atoms with van der Waals surface area (Å²) in [5.41, 5.74) is 6.31. The lowest BCUT2D eigenvalue weighted by Crippen LogP contribution is -2.46. The van der Waals surface area contributed by atoms with E-state index in [1.54, 1.807) is 0 Å². The van der Waals surface area contributed by atoms with Gasteiger partial charge in [0.1, 0.15) is 0 Å². The fourth-order valence-corrected chi connectivity index (χ4v) is 3.37. The molecule has 2 rings (SSSR count). The molecular formula is C16H22ClN3O3. The summed E-state index contributed by atoms with van der Waals surface area (Å²) in [6.07, 6.45) is 5.91. The van der Waals surface area contributed by atoms with Crippen LogP contribution in [0.4, 0.5) is 5.69 Å². The predicted molar refractivity (Wildman–Crippen MR) is 89.4 cm³/mol. The van der Waals surface area contributed by atoms with Crippen LogP contribution in [0.1, 0.15) is 37.7 Å². The Kier molecular flexibility index (Phi) is 6.36. The maximum Gasteiger partial charge on any atom is 0.270 e. The van der Waals surface area contributed by atoms with E-state index in [-0.39, 0.29) is 29.1 Å². The molecule has 1 aliphatic rings. The molecule has 23 heavy (non-hydrogen) atoms. The average Bonchev–Trinajstić information content (AvgIpc) is 2.55. The van der Waals surface area contributed by atoms with Gasteiger partial charge in [-0.2, -0.15) is 0 Å². The molecule has 7 heteroatoms. The lowest BCUT2D eigenvalue weighted by molar-refractivity contribution is -0.384. The van der Waals surface area contributed by atoms with Crippen LogP contribution < -0.4 is 11.1 Å². The van der Waals surface area contributed by atoms with Crippen molar-refractivity contribution in [3.8, 4) is 0 Å². The number of amides is 1. The fourth-order valence-electron chi connectivity index (χ4n) is 3.13. The van der Waals surface area contributed by atoms with Crippen LogP contribution in [0.3, 0.4) is 0 Å². The third-order valence-electron chi connectivity index (χ3n) is 4.42. The maximum atomic E-state index is 12.2. The summed E-state index contributed by atoms with van der Waals surface area (Å²) >= 11 is 6.03. The molecule has 0 aromatic heterocycles. The first-order valence-electron chi connectivity index (χ1n) is 7.93. The van der Waals surface area contributed by atoms with Crippen LogP contribution in [0, 0.1) is 16.0 Å². The molecular weight excluding hydrogens is 318 g/mol. The van der Waals surface area contributed by atoms with E-state index in [9.17, 15) is 14.9 Å². The Balaban J connectivity index is 1.96. The minimum absolute atomic E-state index is 0.0142. The van der Waals surface area contributed by atoms with Gasteiger partial charge in [0.2, 0.25) is 5.91 Å². The zero-order chi connectivity index (χ0) is 16.8. The van der Waals surface area contributed by atoms with Gasteiger partial charge in [-0.3, -0.25) is 14.9 Å². The molecule has 0 heterocycles. The monoisotopic (exact) mass is 339 g/mol. The molecule has 0 radical (unpaired) electrons. The summed E-state index contributed by atoms with van der Waals surface area (Å²) < 4.78 is 0. The lowest BCUT2D eigenvalue weighted by Gasteiger charge is -2.30. The van der Waals surface area contributed by atoms with Crippen LogP contribution in [0.5, 0.6) is 0 Å². The predicted octanol–water partition coefficient (Wildman–Crippen LogP) is 2.81. The van der Waals surface area contributed by atoms with Crippen molar-refractivity contribution in [3.63, 3.8) is 0 Å². The zero-order valence-electron chi connectivity index (χ0n) is 13.0. The molecule has 1 amide bonds. The van der Waals surface area contributed by atoms with Crippen molar-refractivity contribution in [1.82, 2.24) is 5.32 Å². The van der Waals surface area contributed by atoms with Gasteiger partial charge in [0, 0.05) is 24.7 Å². The van der Waals surface area contributed by atoms with E-state index >= 15 is 0 Å². The second-order valence-corrected chi connectivity index (χ2v) is 6.42. The number of nitro groups is 1. The first-order chi connectivity index (χ1) is 11.0. The highest BCUT2D eigenvalue weighted by atomic mass is 35.5. The molecule has 1 aromatic rings. The maximum absolute atomic E-state index is 12.2. The highest BCUT2D eigenvalue weighted by Crippen LogP contribution is 2.26. The SMILES string of the molecule is NCC(NC(=O)Cc1ccc([N+](=O)[O-])cc1Cl)C1CCCCC1. The van der Waals surface area contributed by atoms with Crippen molar-refractivity contribution in [2.24, 2.45) is 11.7 Å². The van der Waals surface area contributed by atoms with Gasteiger partial charge in [-0.15, -0.1) is 0 Å². The summed E-state index contributed by atoms with van der Waals surface area (Å²) in [5, 5.41) is 13.9. The number of carbonyl (C=O) groups is 1. The molecule has 6 nitrogen and oxygen atoms in total. The molecule has 126 valence electrons. The van der Waals surface area contributed by atoms with Crippen molar-refractivity contribution in [1.29, 1.82) is 0 Å². The largest absolute Gasteiger partial charge is 0.352 e. The number of nitrogens with one attached hydrogen (secondary N) is 1. The minimum Gasteiger partial charge on any atom is -0.352 e. The van der Waals surface area contributed by atoms with Crippen LogP contribution >= 0.6 is 11.6 Å². The Morgan fingerprint density at radius 1 is 1.39 bits per heavy atom. The Labute approximate surface area is 140 Å². The molecule has 1 fully saturated rings. The second kappa shape index (κ2) is 8.26. The highest BCUT2D eigenvalue weighted by molar-refractivity contribution is 6.31. The van der Waals surface area contributed by atoms with E-state index in [2.05, 4.69) is 5.32 Å². The summed E-state index contributed by atoms with van der Waals surface area (Å²) in [6.45, 7) is 0.421. The van der Waals surface area contributed by atoms with E-state index in [4.69, 9.17) is 17.3 Å². The molecule has 1 unspecified atom stereocenters. The summed E-state index contributed by atoms with van der Waals surface area (Å²) in [6, 6.07) is 4.14. The molecule has 0 bridgehead atoms. The van der Waals surface area contributed by atoms with Gasteiger partial charge >= 0.3 is 0 Å². The Hall–Kier alpha value is -1.66. The van der Waals surface area contributed by atoms with Gasteiger partial charge in [0.25, 0.3) is 5.69 Å². The third-order valence-corrected chi connectivity index (χ3v) is 4.77. The number of non-ortho nitro benzene ring substituents is 1. The van der Waals surface area contributed by atoms with Gasteiger partial charge in [-0.25, -0.2) is 0 Å². The molecule has 0 aliphatic heterocycles. The number of rotatable bonds is 6. The Morgan fingerprint density at radius 3 is 2.65 bits per heavy atom. The average molecular weight is 340 g/mol. The van der Waals surface area contributed by atoms with Crippen LogP contribution in [-0.4, -0.2) is 23.4 Å². The van der Waals surface area contributed by atoms with E-state index in [1.807, 2.05) is 0 Å². The minimum atomic E-state index is -0.511. The normalized spacial score (nSPS) is 16.8. The Morgan fingerprint density at radius 2 is 2.09 bits per heavy atom. The van der Waals surface area contributed by atoms with E-state index in [0.29, 0.717) is 18.0 Å². The topological polar surface area (TPSA) is 98.3 Å². The number of benzene rings is 1. The van der Waals surface area contributed by atoms with Crippen LogP contribution in [-0.2, 0) is 11.2 Å². The van der Waals surface area contributed by atoms with Crippen molar-refractivity contribution in [3.05, 3.63) is 38.9 Å². The van der Waals surface area contributed by atoms with Gasteiger partial charge in [0.05, 0.1) is 16.4 Å². The molecule has 1 saturated carbocycles. The number of nitrogens with two attached hydrogens (primary N) is 1. The summed E-state index contributed by atoms with van der Waals surface area (Å²) in [5.74, 6) is 0.284. The molecule has 0 saturated heterocycles. The number of nitrogens with zero attached hydrogens (tertiary/aromatic N) is 1. The quantitative estimate of drug-likeness (QED) is 0.615. The first-order valence-corrected chi connectivity index (χ1v) is 8.31. The van der Waals surface area contributed by atoms with Gasteiger partial charge < -0.3 is 11.1 Å². The van der Waals surface area contributed by atoms with Crippen LogP contribution in [0.2, 0.25) is 5.02 Å². The van der Waals surface area contributed by atoms with Crippen molar-refractivity contribution < 1.29 is 9.72 Å². The number of halogens is 1. The van der Waals surface area contributed by atoms with Gasteiger partial charge in [-0.1, -0.05) is 36.9 Å². The smallest absolute Gasteiger partial charge is 0.270 e. The highest BCUT2D eigenvalue weighted by Gasteiger charge is 2.24. The summed E-state index contributed by atoms with van der Waals surface area (Å²) in [7, 11) is 0.